The zero-order valence-corrected chi connectivity index (χ0v) is 14.8. The average molecular weight is 331 g/mol. The summed E-state index contributed by atoms with van der Waals surface area (Å²) in [5.74, 6) is 0.00613. The lowest BCUT2D eigenvalue weighted by molar-refractivity contribution is -0.134. The molecule has 1 fully saturated rings. The summed E-state index contributed by atoms with van der Waals surface area (Å²) < 4.78 is 9.93. The molecule has 0 spiro atoms. The molecular weight excluding hydrogens is 306 g/mol. The van der Waals surface area contributed by atoms with Gasteiger partial charge in [0.1, 0.15) is 5.60 Å². The van der Waals surface area contributed by atoms with Crippen molar-refractivity contribution in [2.24, 2.45) is 0 Å². The van der Waals surface area contributed by atoms with Crippen molar-refractivity contribution in [1.29, 1.82) is 0 Å². The van der Waals surface area contributed by atoms with Crippen LogP contribution in [0.2, 0.25) is 0 Å². The van der Waals surface area contributed by atoms with Crippen molar-refractivity contribution in [3.63, 3.8) is 0 Å². The van der Waals surface area contributed by atoms with E-state index in [4.69, 9.17) is 4.74 Å². The number of hydrogen-bond donors (Lipinski definition) is 1. The summed E-state index contributed by atoms with van der Waals surface area (Å²) in [4.78, 5) is 24.6. The number of carbonyl (C=O) groups excluding carboxylic acids is 2. The smallest absolute Gasteiger partial charge is 0.411 e. The van der Waals surface area contributed by atoms with Crippen LogP contribution in [-0.4, -0.2) is 57.5 Å². The maximum absolute atomic E-state index is 12.4. The second kappa shape index (κ2) is 6.91. The number of nitrogens with zero attached hydrogens (tertiary/aromatic N) is 1. The van der Waals surface area contributed by atoms with Crippen LogP contribution in [0, 0.1) is 0 Å². The number of rotatable bonds is 3. The van der Waals surface area contributed by atoms with Gasteiger partial charge in [0.2, 0.25) is 0 Å². The fraction of sp³-hybridized carbons (Fsp3) is 0.733. The standard InChI is InChI=1S/C15H25NO5S/c1-14(2,3)21-13(19)16-10(9-22-15(16,4)5)11(17)7-8-12(18)20-6/h7-8,10-11,17H,9H2,1-6H3/b8-7+/t10-,11-/m0/s1. The third-order valence-electron chi connectivity index (χ3n) is 3.13. The van der Waals surface area contributed by atoms with E-state index in [-0.39, 0.29) is 0 Å². The monoisotopic (exact) mass is 331 g/mol. The van der Waals surface area contributed by atoms with Crippen molar-refractivity contribution >= 4 is 23.8 Å². The van der Waals surface area contributed by atoms with E-state index in [1.54, 1.807) is 32.5 Å². The lowest BCUT2D eigenvalue weighted by atomic mass is 10.1. The van der Waals surface area contributed by atoms with E-state index in [0.717, 1.165) is 6.08 Å². The van der Waals surface area contributed by atoms with Crippen molar-refractivity contribution in [2.75, 3.05) is 12.9 Å². The molecule has 2 atom stereocenters. The fourth-order valence-corrected chi connectivity index (χ4v) is 3.40. The normalized spacial score (nSPS) is 22.7. The maximum atomic E-state index is 12.4. The Balaban J connectivity index is 2.91. The van der Waals surface area contributed by atoms with Gasteiger partial charge in [-0.15, -0.1) is 11.8 Å². The van der Waals surface area contributed by atoms with E-state index >= 15 is 0 Å². The summed E-state index contributed by atoms with van der Waals surface area (Å²) >= 11 is 1.55. The molecule has 1 heterocycles. The molecule has 6 nitrogen and oxygen atoms in total. The van der Waals surface area contributed by atoms with Crippen LogP contribution in [0.4, 0.5) is 4.79 Å². The van der Waals surface area contributed by atoms with Gasteiger partial charge in [-0.05, 0) is 40.7 Å². The highest BCUT2D eigenvalue weighted by Gasteiger charge is 2.47. The Labute approximate surface area is 135 Å². The minimum Gasteiger partial charge on any atom is -0.466 e. The highest BCUT2D eigenvalue weighted by atomic mass is 32.2. The molecule has 7 heteroatoms. The lowest BCUT2D eigenvalue weighted by Crippen LogP contribution is -2.52. The maximum Gasteiger partial charge on any atom is 0.411 e. The number of ether oxygens (including phenoxy) is 2. The second-order valence-electron chi connectivity index (χ2n) is 6.55. The van der Waals surface area contributed by atoms with Crippen molar-refractivity contribution in [3.05, 3.63) is 12.2 Å². The number of esters is 1. The van der Waals surface area contributed by atoms with Gasteiger partial charge >= 0.3 is 12.1 Å². The van der Waals surface area contributed by atoms with Gasteiger partial charge in [-0.3, -0.25) is 4.90 Å². The van der Waals surface area contributed by atoms with Gasteiger partial charge in [0, 0.05) is 11.8 Å². The van der Waals surface area contributed by atoms with E-state index < -0.39 is 34.7 Å². The largest absolute Gasteiger partial charge is 0.466 e. The quantitative estimate of drug-likeness (QED) is 0.631. The molecule has 0 aromatic heterocycles. The molecule has 1 aliphatic heterocycles. The first kappa shape index (κ1) is 18.8. The van der Waals surface area contributed by atoms with E-state index in [2.05, 4.69) is 4.74 Å². The van der Waals surface area contributed by atoms with E-state index in [1.807, 2.05) is 13.8 Å². The molecule has 0 radical (unpaired) electrons. The first-order chi connectivity index (χ1) is 9.98. The molecule has 0 aliphatic carbocycles. The van der Waals surface area contributed by atoms with Crippen LogP contribution in [0.1, 0.15) is 34.6 Å². The van der Waals surface area contributed by atoms with Gasteiger partial charge in [0.25, 0.3) is 0 Å². The highest BCUT2D eigenvalue weighted by Crippen LogP contribution is 2.41. The minimum absolute atomic E-state index is 0.462. The Morgan fingerprint density at radius 1 is 1.41 bits per heavy atom. The van der Waals surface area contributed by atoms with Crippen LogP contribution in [0.15, 0.2) is 12.2 Å². The van der Waals surface area contributed by atoms with Crippen LogP contribution in [0.25, 0.3) is 0 Å². The van der Waals surface area contributed by atoms with Gasteiger partial charge in [-0.25, -0.2) is 9.59 Å². The molecule has 22 heavy (non-hydrogen) atoms. The summed E-state index contributed by atoms with van der Waals surface area (Å²) in [6, 6.07) is -0.462. The summed E-state index contributed by atoms with van der Waals surface area (Å²) in [5, 5.41) is 10.3. The van der Waals surface area contributed by atoms with Crippen molar-refractivity contribution in [3.8, 4) is 0 Å². The predicted octanol–water partition coefficient (Wildman–Crippen LogP) is 2.17. The van der Waals surface area contributed by atoms with Gasteiger partial charge in [0.05, 0.1) is 24.1 Å². The molecule has 1 rings (SSSR count). The Kier molecular flexibility index (Phi) is 5.92. The molecular formula is C15H25NO5S. The predicted molar refractivity (Wildman–Crippen MR) is 85.6 cm³/mol. The van der Waals surface area contributed by atoms with Crippen LogP contribution in [0.5, 0.6) is 0 Å². The number of carbonyl (C=O) groups is 2. The summed E-state index contributed by atoms with van der Waals surface area (Å²) in [6.45, 7) is 9.19. The molecule has 1 N–H and O–H groups in total. The molecule has 1 amide bonds. The fourth-order valence-electron chi connectivity index (χ4n) is 2.12. The molecule has 1 aliphatic rings. The number of aliphatic hydroxyl groups is 1. The van der Waals surface area contributed by atoms with Gasteiger partial charge in [0.15, 0.2) is 0 Å². The van der Waals surface area contributed by atoms with Crippen molar-refractivity contribution in [1.82, 2.24) is 4.90 Å². The summed E-state index contributed by atoms with van der Waals surface area (Å²) in [6.07, 6.45) is 1.06. The number of aliphatic hydroxyl groups excluding tert-OH is 1. The Bertz CT molecular complexity index is 455. The van der Waals surface area contributed by atoms with Gasteiger partial charge in [-0.2, -0.15) is 0 Å². The van der Waals surface area contributed by atoms with E-state index in [1.165, 1.54) is 18.1 Å². The van der Waals surface area contributed by atoms with E-state index in [0.29, 0.717) is 5.75 Å². The molecule has 1 saturated heterocycles. The van der Waals surface area contributed by atoms with E-state index in [9.17, 15) is 14.7 Å². The summed E-state index contributed by atoms with van der Waals surface area (Å²) in [5.41, 5.74) is -0.613. The topological polar surface area (TPSA) is 76.1 Å². The molecule has 0 saturated carbocycles. The molecule has 0 unspecified atom stereocenters. The number of methoxy groups -OCH3 is 1. The Morgan fingerprint density at radius 3 is 2.50 bits per heavy atom. The first-order valence-corrected chi connectivity index (χ1v) is 8.07. The lowest BCUT2D eigenvalue weighted by Gasteiger charge is -2.37. The first-order valence-electron chi connectivity index (χ1n) is 7.08. The zero-order valence-electron chi connectivity index (χ0n) is 14.0. The molecule has 0 aromatic carbocycles. The Hall–Kier alpha value is -1.21. The van der Waals surface area contributed by atoms with Crippen LogP contribution >= 0.6 is 11.8 Å². The van der Waals surface area contributed by atoms with Crippen LogP contribution in [-0.2, 0) is 14.3 Å². The Morgan fingerprint density at radius 2 is 2.00 bits per heavy atom. The van der Waals surface area contributed by atoms with Gasteiger partial charge < -0.3 is 14.6 Å². The number of amides is 1. The molecule has 126 valence electrons. The highest BCUT2D eigenvalue weighted by molar-refractivity contribution is 8.00. The average Bonchev–Trinajstić information content (AvgIpc) is 2.69. The number of hydrogen-bond acceptors (Lipinski definition) is 6. The van der Waals surface area contributed by atoms with Gasteiger partial charge in [-0.1, -0.05) is 0 Å². The molecule has 0 bridgehead atoms. The third kappa shape index (κ3) is 4.91. The van der Waals surface area contributed by atoms with Crippen molar-refractivity contribution < 1.29 is 24.2 Å². The second-order valence-corrected chi connectivity index (χ2v) is 8.17. The summed E-state index contributed by atoms with van der Waals surface area (Å²) in [7, 11) is 1.26. The number of thioether (sulfide) groups is 1. The van der Waals surface area contributed by atoms with Crippen molar-refractivity contribution in [2.45, 2.75) is 57.2 Å². The minimum atomic E-state index is -0.971. The van der Waals surface area contributed by atoms with Crippen LogP contribution < -0.4 is 0 Å². The molecule has 0 aromatic rings. The third-order valence-corrected chi connectivity index (χ3v) is 4.55. The van der Waals surface area contributed by atoms with Crippen LogP contribution in [0.3, 0.4) is 0 Å². The SMILES string of the molecule is COC(=O)/C=C/[C@H](O)[C@@H]1CSC(C)(C)N1C(=O)OC(C)(C)C. The zero-order chi connectivity index (χ0) is 17.1.